The van der Waals surface area contributed by atoms with E-state index in [2.05, 4.69) is 34.1 Å². The molecule has 0 spiro atoms. The van der Waals surface area contributed by atoms with Crippen molar-refractivity contribution in [3.63, 3.8) is 0 Å². The highest BCUT2D eigenvalue weighted by Gasteiger charge is 2.24. The Hall–Kier alpha value is -3.46. The van der Waals surface area contributed by atoms with Crippen molar-refractivity contribution in [3.8, 4) is 5.75 Å². The molecule has 0 amide bonds. The number of rotatable bonds is 8. The number of esters is 1. The van der Waals surface area contributed by atoms with E-state index in [0.717, 1.165) is 6.54 Å². The summed E-state index contributed by atoms with van der Waals surface area (Å²) in [7, 11) is 1.58. The molecule has 9 nitrogen and oxygen atoms in total. The van der Waals surface area contributed by atoms with Gasteiger partial charge in [-0.15, -0.1) is 0 Å². The van der Waals surface area contributed by atoms with Crippen molar-refractivity contribution in [2.45, 2.75) is 32.6 Å². The van der Waals surface area contributed by atoms with Crippen LogP contribution in [0, 0.1) is 5.92 Å². The number of carbonyl (C=O) groups is 1. The number of ether oxygens (including phenoxy) is 3. The molecule has 9 heteroatoms. The molecule has 0 saturated heterocycles. The molecule has 2 aromatic heterocycles. The summed E-state index contributed by atoms with van der Waals surface area (Å²) < 4.78 is 18.6. The van der Waals surface area contributed by atoms with Gasteiger partial charge in [-0.05, 0) is 30.2 Å². The Balaban J connectivity index is 1.41. The Morgan fingerprint density at radius 2 is 2.06 bits per heavy atom. The monoisotopic (exact) mass is 437 g/mol. The van der Waals surface area contributed by atoms with E-state index in [1.54, 1.807) is 37.7 Å². The maximum Gasteiger partial charge on any atom is 0.338 e. The smallest absolute Gasteiger partial charge is 0.338 e. The maximum atomic E-state index is 12.3. The number of fused-ring (bicyclic) bond motifs is 1. The topological polar surface area (TPSA) is 100 Å². The minimum atomic E-state index is -0.409. The van der Waals surface area contributed by atoms with E-state index >= 15 is 0 Å². The number of aromatic nitrogens is 4. The second-order valence-corrected chi connectivity index (χ2v) is 7.94. The van der Waals surface area contributed by atoms with Crippen molar-refractivity contribution in [1.82, 2.24) is 19.5 Å². The molecule has 0 fully saturated rings. The molecule has 1 aliphatic rings. The van der Waals surface area contributed by atoms with Gasteiger partial charge in [0.1, 0.15) is 31.0 Å². The molecule has 3 heterocycles. The van der Waals surface area contributed by atoms with E-state index in [4.69, 9.17) is 14.2 Å². The lowest BCUT2D eigenvalue weighted by atomic mass is 10.2. The van der Waals surface area contributed by atoms with E-state index in [0.29, 0.717) is 40.6 Å². The first-order valence-electron chi connectivity index (χ1n) is 10.6. The third kappa shape index (κ3) is 4.88. The van der Waals surface area contributed by atoms with Crippen LogP contribution in [0.5, 0.6) is 5.75 Å². The minimum absolute atomic E-state index is 0.112. The van der Waals surface area contributed by atoms with E-state index in [1.807, 2.05) is 16.7 Å². The quantitative estimate of drug-likeness (QED) is 0.421. The Bertz CT molecular complexity index is 1090. The number of carbonyl (C=O) groups excluding carboxylic acids is 1. The highest BCUT2D eigenvalue weighted by molar-refractivity contribution is 5.89. The summed E-state index contributed by atoms with van der Waals surface area (Å²) in [5.74, 6) is 1.46. The summed E-state index contributed by atoms with van der Waals surface area (Å²) >= 11 is 0. The number of nitrogens with one attached hydrogen (secondary N) is 1. The zero-order chi connectivity index (χ0) is 22.5. The number of hydrogen-bond donors (Lipinski definition) is 1. The van der Waals surface area contributed by atoms with E-state index < -0.39 is 5.97 Å². The summed E-state index contributed by atoms with van der Waals surface area (Å²) in [6.45, 7) is 5.17. The molecule has 0 bridgehead atoms. The number of hydrogen-bond acceptors (Lipinski definition) is 8. The van der Waals surface area contributed by atoms with Crippen LogP contribution in [-0.2, 0) is 9.47 Å². The Labute approximate surface area is 186 Å². The molecule has 1 aromatic carbocycles. The molecular weight excluding hydrogens is 410 g/mol. The van der Waals surface area contributed by atoms with E-state index in [-0.39, 0.29) is 18.9 Å². The largest absolute Gasteiger partial charge is 0.497 e. The molecule has 1 N–H and O–H groups in total. The minimum Gasteiger partial charge on any atom is -0.497 e. The zero-order valence-electron chi connectivity index (χ0n) is 18.4. The second kappa shape index (κ2) is 9.78. The zero-order valence-corrected chi connectivity index (χ0v) is 18.4. The SMILES string of the molecule is COc1ccc(C(=O)OC[C@@H]2C=CC[C@@H](n3cnc4c(NCC(C)C)ncnc43)O2)cc1. The van der Waals surface area contributed by atoms with Gasteiger partial charge < -0.3 is 19.5 Å². The third-order valence-electron chi connectivity index (χ3n) is 5.07. The van der Waals surface area contributed by atoms with Crippen molar-refractivity contribution in [2.24, 2.45) is 5.92 Å². The molecule has 0 unspecified atom stereocenters. The number of nitrogens with zero attached hydrogens (tertiary/aromatic N) is 4. The van der Waals surface area contributed by atoms with E-state index in [9.17, 15) is 4.79 Å². The van der Waals surface area contributed by atoms with Crippen molar-refractivity contribution in [2.75, 3.05) is 25.6 Å². The van der Waals surface area contributed by atoms with Crippen molar-refractivity contribution in [1.29, 1.82) is 0 Å². The van der Waals surface area contributed by atoms with Crippen LogP contribution in [0.25, 0.3) is 11.2 Å². The van der Waals surface area contributed by atoms with Crippen LogP contribution < -0.4 is 10.1 Å². The summed E-state index contributed by atoms with van der Waals surface area (Å²) in [5, 5.41) is 3.32. The highest BCUT2D eigenvalue weighted by atomic mass is 16.6. The van der Waals surface area contributed by atoms with Gasteiger partial charge in [-0.25, -0.2) is 19.7 Å². The lowest BCUT2D eigenvalue weighted by molar-refractivity contribution is -0.0620. The lowest BCUT2D eigenvalue weighted by Crippen LogP contribution is -2.27. The van der Waals surface area contributed by atoms with Gasteiger partial charge in [0.05, 0.1) is 19.0 Å². The van der Waals surface area contributed by atoms with Crippen LogP contribution in [0.1, 0.15) is 36.9 Å². The average molecular weight is 438 g/mol. The predicted octanol–water partition coefficient (Wildman–Crippen LogP) is 3.60. The summed E-state index contributed by atoms with van der Waals surface area (Å²) in [5.41, 5.74) is 1.86. The molecule has 32 heavy (non-hydrogen) atoms. The lowest BCUT2D eigenvalue weighted by Gasteiger charge is -2.26. The fraction of sp³-hybridized carbons (Fsp3) is 0.391. The van der Waals surface area contributed by atoms with Gasteiger partial charge >= 0.3 is 5.97 Å². The summed E-state index contributed by atoms with van der Waals surface area (Å²) in [6, 6.07) is 6.79. The first-order valence-corrected chi connectivity index (χ1v) is 10.6. The molecular formula is C23H27N5O4. The average Bonchev–Trinajstić information content (AvgIpc) is 3.26. The van der Waals surface area contributed by atoms with Gasteiger partial charge in [0.25, 0.3) is 0 Å². The van der Waals surface area contributed by atoms with Gasteiger partial charge in [0, 0.05) is 13.0 Å². The molecule has 3 aromatic rings. The first kappa shape index (κ1) is 21.8. The normalized spacial score (nSPS) is 18.1. The Morgan fingerprint density at radius 1 is 1.25 bits per heavy atom. The summed E-state index contributed by atoms with van der Waals surface area (Å²) in [4.78, 5) is 25.6. The number of benzene rings is 1. The molecule has 0 aliphatic carbocycles. The number of imidazole rings is 1. The fourth-order valence-electron chi connectivity index (χ4n) is 3.38. The molecule has 168 valence electrons. The van der Waals surface area contributed by atoms with Gasteiger partial charge in [0.2, 0.25) is 0 Å². The Kier molecular flexibility index (Phi) is 6.65. The molecule has 0 saturated carbocycles. The van der Waals surface area contributed by atoms with Gasteiger partial charge in [-0.3, -0.25) is 4.57 Å². The van der Waals surface area contributed by atoms with Crippen LogP contribution in [-0.4, -0.2) is 51.9 Å². The first-order chi connectivity index (χ1) is 15.5. The van der Waals surface area contributed by atoms with Crippen LogP contribution in [0.2, 0.25) is 0 Å². The van der Waals surface area contributed by atoms with Crippen molar-refractivity contribution < 1.29 is 19.0 Å². The molecule has 1 aliphatic heterocycles. The highest BCUT2D eigenvalue weighted by Crippen LogP contribution is 2.27. The van der Waals surface area contributed by atoms with Crippen LogP contribution in [0.4, 0.5) is 5.82 Å². The molecule has 2 atom stereocenters. The van der Waals surface area contributed by atoms with E-state index in [1.165, 1.54) is 6.33 Å². The summed E-state index contributed by atoms with van der Waals surface area (Å²) in [6.07, 6.45) is 7.15. The number of methoxy groups -OCH3 is 1. The van der Waals surface area contributed by atoms with Crippen LogP contribution >= 0.6 is 0 Å². The molecule has 0 radical (unpaired) electrons. The van der Waals surface area contributed by atoms with Gasteiger partial charge in [-0.1, -0.05) is 26.0 Å². The molecule has 4 rings (SSSR count). The van der Waals surface area contributed by atoms with Crippen LogP contribution in [0.3, 0.4) is 0 Å². The fourth-order valence-corrected chi connectivity index (χ4v) is 3.38. The third-order valence-corrected chi connectivity index (χ3v) is 5.07. The van der Waals surface area contributed by atoms with Gasteiger partial charge in [-0.2, -0.15) is 0 Å². The van der Waals surface area contributed by atoms with Gasteiger partial charge in [0.15, 0.2) is 17.0 Å². The Morgan fingerprint density at radius 3 is 2.81 bits per heavy atom. The van der Waals surface area contributed by atoms with Crippen molar-refractivity contribution >= 4 is 23.0 Å². The maximum absolute atomic E-state index is 12.3. The van der Waals surface area contributed by atoms with Crippen LogP contribution in [0.15, 0.2) is 49.1 Å². The standard InChI is InChI=1S/C23H27N5O4/c1-15(2)11-24-21-20-22(26-13-25-21)28(14-27-20)19-6-4-5-18(32-19)12-31-23(29)16-7-9-17(30-3)10-8-16/h4-5,7-10,13-15,18-19H,6,11-12H2,1-3H3,(H,24,25,26)/t18-,19-/m0/s1. The second-order valence-electron chi connectivity index (χ2n) is 7.94. The predicted molar refractivity (Wildman–Crippen MR) is 120 cm³/mol. The van der Waals surface area contributed by atoms with Crippen molar-refractivity contribution in [3.05, 3.63) is 54.6 Å². The number of anilines is 1.